The number of nitrogens with one attached hydrogen (secondary N) is 1. The number of amides is 1. The summed E-state index contributed by atoms with van der Waals surface area (Å²) in [5.74, 6) is -2.37. The van der Waals surface area contributed by atoms with Crippen LogP contribution in [0.1, 0.15) is 38.4 Å². The number of ether oxygens (including phenoxy) is 3. The van der Waals surface area contributed by atoms with Gasteiger partial charge in [-0.15, -0.1) is 0 Å². The summed E-state index contributed by atoms with van der Waals surface area (Å²) in [5.41, 5.74) is 0.0366. The Bertz CT molecular complexity index is 1100. The molecule has 3 unspecified atom stereocenters. The van der Waals surface area contributed by atoms with Crippen molar-refractivity contribution in [2.45, 2.75) is 44.5 Å². The number of hydrogen-bond acceptors (Lipinski definition) is 8. The lowest BCUT2D eigenvalue weighted by Gasteiger charge is -2.46. The SMILES string of the molecule is CC(O)c1ccc(Nc2ncnc(OC3C4COCC3CN(C(=O)OC3(C)CC3)C4)c2F)c(F)c1. The first-order valence-electron chi connectivity index (χ1n) is 11.7. The van der Waals surface area contributed by atoms with Gasteiger partial charge >= 0.3 is 6.09 Å². The number of aliphatic hydroxyl groups is 1. The van der Waals surface area contributed by atoms with Gasteiger partial charge in [0.2, 0.25) is 5.82 Å². The van der Waals surface area contributed by atoms with Gasteiger partial charge in [0.25, 0.3) is 5.88 Å². The van der Waals surface area contributed by atoms with E-state index in [2.05, 4.69) is 15.3 Å². The number of halogens is 2. The molecular weight excluding hydrogens is 462 g/mol. The number of rotatable bonds is 6. The Labute approximate surface area is 201 Å². The number of hydrogen-bond donors (Lipinski definition) is 2. The molecule has 1 aromatic heterocycles. The summed E-state index contributed by atoms with van der Waals surface area (Å²) >= 11 is 0. The summed E-state index contributed by atoms with van der Waals surface area (Å²) in [4.78, 5) is 22.1. The quantitative estimate of drug-likeness (QED) is 0.633. The molecule has 3 heterocycles. The molecule has 2 saturated heterocycles. The molecule has 1 aromatic carbocycles. The molecular formula is C24H28F2N4O5. The van der Waals surface area contributed by atoms with E-state index in [0.29, 0.717) is 31.9 Å². The fourth-order valence-electron chi connectivity index (χ4n) is 4.47. The van der Waals surface area contributed by atoms with Crippen LogP contribution in [0.25, 0.3) is 0 Å². The number of likely N-dealkylation sites (tertiary alicyclic amines) is 1. The molecule has 35 heavy (non-hydrogen) atoms. The molecule has 1 aliphatic carbocycles. The minimum atomic E-state index is -0.853. The molecule has 1 amide bonds. The predicted octanol–water partition coefficient (Wildman–Crippen LogP) is 3.57. The van der Waals surface area contributed by atoms with Crippen LogP contribution in [0.15, 0.2) is 24.5 Å². The summed E-state index contributed by atoms with van der Waals surface area (Å²) in [6.07, 6.45) is 1.28. The smallest absolute Gasteiger partial charge is 0.410 e. The van der Waals surface area contributed by atoms with Crippen LogP contribution < -0.4 is 10.1 Å². The van der Waals surface area contributed by atoms with Crippen LogP contribution in [0, 0.1) is 23.5 Å². The van der Waals surface area contributed by atoms with Gasteiger partial charge in [-0.25, -0.2) is 14.2 Å². The zero-order valence-corrected chi connectivity index (χ0v) is 19.5. The number of benzene rings is 1. The molecule has 2 aliphatic heterocycles. The number of nitrogens with zero attached hydrogens (tertiary/aromatic N) is 3. The molecule has 3 aliphatic rings. The van der Waals surface area contributed by atoms with E-state index < -0.39 is 23.8 Å². The van der Waals surface area contributed by atoms with Gasteiger partial charge in [0, 0.05) is 24.9 Å². The molecule has 0 radical (unpaired) electrons. The molecule has 3 fully saturated rings. The number of aromatic nitrogens is 2. The first-order valence-corrected chi connectivity index (χ1v) is 11.7. The normalized spacial score (nSPS) is 25.5. The second kappa shape index (κ2) is 9.19. The van der Waals surface area contributed by atoms with Gasteiger partial charge in [0.15, 0.2) is 5.82 Å². The van der Waals surface area contributed by atoms with Crippen LogP contribution >= 0.6 is 0 Å². The van der Waals surface area contributed by atoms with E-state index in [1.54, 1.807) is 4.90 Å². The first-order chi connectivity index (χ1) is 16.7. The number of carbonyl (C=O) groups is 1. The third kappa shape index (κ3) is 5.01. The van der Waals surface area contributed by atoms with Crippen LogP contribution in [0.3, 0.4) is 0 Å². The zero-order valence-electron chi connectivity index (χ0n) is 19.5. The van der Waals surface area contributed by atoms with Crippen LogP contribution in [0.2, 0.25) is 0 Å². The van der Waals surface area contributed by atoms with Crippen molar-refractivity contribution in [2.24, 2.45) is 11.8 Å². The van der Waals surface area contributed by atoms with E-state index in [1.807, 2.05) is 6.92 Å². The average Bonchev–Trinajstić information content (AvgIpc) is 3.53. The van der Waals surface area contributed by atoms with Gasteiger partial charge in [-0.2, -0.15) is 9.37 Å². The molecule has 9 nitrogen and oxygen atoms in total. The zero-order chi connectivity index (χ0) is 24.7. The second-order valence-electron chi connectivity index (χ2n) is 9.74. The van der Waals surface area contributed by atoms with E-state index in [0.717, 1.165) is 19.2 Å². The topological polar surface area (TPSA) is 106 Å². The maximum atomic E-state index is 15.2. The molecule has 2 aromatic rings. The fourth-order valence-corrected chi connectivity index (χ4v) is 4.47. The van der Waals surface area contributed by atoms with Crippen molar-refractivity contribution in [1.82, 2.24) is 14.9 Å². The van der Waals surface area contributed by atoms with Gasteiger partial charge in [-0.05, 0) is 44.4 Å². The Hall–Kier alpha value is -3.05. The number of fused-ring (bicyclic) bond motifs is 2. The number of anilines is 2. The van der Waals surface area contributed by atoms with Crippen molar-refractivity contribution in [3.05, 3.63) is 41.7 Å². The highest BCUT2D eigenvalue weighted by atomic mass is 19.1. The van der Waals surface area contributed by atoms with Gasteiger partial charge in [-0.3, -0.25) is 0 Å². The minimum Gasteiger partial charge on any atom is -0.471 e. The van der Waals surface area contributed by atoms with E-state index in [1.165, 1.54) is 25.1 Å². The molecule has 3 atom stereocenters. The molecule has 2 bridgehead atoms. The Balaban J connectivity index is 1.29. The first kappa shape index (κ1) is 23.7. The number of piperidine rings is 1. The van der Waals surface area contributed by atoms with Gasteiger partial charge < -0.3 is 29.5 Å². The molecule has 5 rings (SSSR count). The van der Waals surface area contributed by atoms with E-state index in [4.69, 9.17) is 14.2 Å². The lowest BCUT2D eigenvalue weighted by Crippen LogP contribution is -2.59. The van der Waals surface area contributed by atoms with Crippen molar-refractivity contribution in [3.63, 3.8) is 0 Å². The predicted molar refractivity (Wildman–Crippen MR) is 120 cm³/mol. The highest BCUT2D eigenvalue weighted by molar-refractivity contribution is 5.68. The van der Waals surface area contributed by atoms with Crippen LogP contribution in [-0.4, -0.2) is 64.1 Å². The Kier molecular flexibility index (Phi) is 6.22. The summed E-state index contributed by atoms with van der Waals surface area (Å²) < 4.78 is 46.9. The maximum absolute atomic E-state index is 15.2. The molecule has 11 heteroatoms. The van der Waals surface area contributed by atoms with Crippen molar-refractivity contribution < 1.29 is 32.9 Å². The van der Waals surface area contributed by atoms with Gasteiger partial charge in [-0.1, -0.05) is 6.07 Å². The Morgan fingerprint density at radius 1 is 1.26 bits per heavy atom. The second-order valence-corrected chi connectivity index (χ2v) is 9.74. The molecule has 0 spiro atoms. The van der Waals surface area contributed by atoms with Crippen molar-refractivity contribution in [1.29, 1.82) is 0 Å². The maximum Gasteiger partial charge on any atom is 0.410 e. The van der Waals surface area contributed by atoms with Gasteiger partial charge in [0.1, 0.15) is 23.8 Å². The average molecular weight is 491 g/mol. The Morgan fingerprint density at radius 2 is 1.97 bits per heavy atom. The minimum absolute atomic E-state index is 0.000557. The third-order valence-electron chi connectivity index (χ3n) is 6.78. The Morgan fingerprint density at radius 3 is 2.60 bits per heavy atom. The van der Waals surface area contributed by atoms with Crippen LogP contribution in [0.4, 0.5) is 25.1 Å². The van der Waals surface area contributed by atoms with Crippen LogP contribution in [-0.2, 0) is 9.47 Å². The van der Waals surface area contributed by atoms with Gasteiger partial charge in [0.05, 0.1) is 25.0 Å². The highest BCUT2D eigenvalue weighted by Gasteiger charge is 2.47. The van der Waals surface area contributed by atoms with Crippen LogP contribution in [0.5, 0.6) is 5.88 Å². The van der Waals surface area contributed by atoms with E-state index in [-0.39, 0.29) is 40.9 Å². The largest absolute Gasteiger partial charge is 0.471 e. The number of carbonyl (C=O) groups excluding carboxylic acids is 1. The van der Waals surface area contributed by atoms with Crippen molar-refractivity contribution >= 4 is 17.6 Å². The summed E-state index contributed by atoms with van der Waals surface area (Å²) in [5, 5.41) is 12.2. The standard InChI is InChI=1S/C24H28F2N4O5/c1-13(31)14-3-4-18(17(25)7-14)29-21-19(26)22(28-12-27-21)34-20-15-8-30(9-16(20)11-33-10-15)23(32)35-24(2)5-6-24/h3-4,7,12-13,15-16,20,31H,5-6,8-11H2,1-2H3,(H,27,28,29). The summed E-state index contributed by atoms with van der Waals surface area (Å²) in [7, 11) is 0. The molecule has 2 N–H and O–H groups in total. The van der Waals surface area contributed by atoms with Crippen molar-refractivity contribution in [3.8, 4) is 5.88 Å². The van der Waals surface area contributed by atoms with E-state index >= 15 is 4.39 Å². The molecule has 188 valence electrons. The fraction of sp³-hybridized carbons (Fsp3) is 0.542. The monoisotopic (exact) mass is 490 g/mol. The highest BCUT2D eigenvalue weighted by Crippen LogP contribution is 2.40. The van der Waals surface area contributed by atoms with E-state index in [9.17, 15) is 14.3 Å². The lowest BCUT2D eigenvalue weighted by molar-refractivity contribution is -0.112. The third-order valence-corrected chi connectivity index (χ3v) is 6.78. The lowest BCUT2D eigenvalue weighted by atomic mass is 9.84. The summed E-state index contributed by atoms with van der Waals surface area (Å²) in [6.45, 7) is 4.91. The number of aliphatic hydroxyl groups excluding tert-OH is 1. The summed E-state index contributed by atoms with van der Waals surface area (Å²) in [6, 6.07) is 4.11. The molecule has 1 saturated carbocycles. The van der Waals surface area contributed by atoms with Crippen molar-refractivity contribution in [2.75, 3.05) is 31.6 Å².